The van der Waals surface area contributed by atoms with Gasteiger partial charge < -0.3 is 10.6 Å². The fourth-order valence-electron chi connectivity index (χ4n) is 1.69. The molecule has 0 radical (unpaired) electrons. The largest absolute Gasteiger partial charge is 0.367 e. The van der Waals surface area contributed by atoms with E-state index < -0.39 is 0 Å². The number of aldehydes is 1. The summed E-state index contributed by atoms with van der Waals surface area (Å²) < 4.78 is 0. The zero-order chi connectivity index (χ0) is 10.5. The van der Waals surface area contributed by atoms with Gasteiger partial charge in [0.15, 0.2) is 6.29 Å². The third-order valence-electron chi connectivity index (χ3n) is 2.50. The maximum atomic E-state index is 10.5. The molecule has 1 aliphatic rings. The van der Waals surface area contributed by atoms with Crippen LogP contribution in [0.15, 0.2) is 12.4 Å². The van der Waals surface area contributed by atoms with Crippen molar-refractivity contribution in [3.05, 3.63) is 18.1 Å². The van der Waals surface area contributed by atoms with Crippen molar-refractivity contribution in [2.75, 3.05) is 18.4 Å². The number of rotatable bonds is 3. The molecule has 80 valence electrons. The van der Waals surface area contributed by atoms with Gasteiger partial charge in [-0.15, -0.1) is 0 Å². The van der Waals surface area contributed by atoms with Crippen LogP contribution in [0.2, 0.25) is 0 Å². The van der Waals surface area contributed by atoms with E-state index in [-0.39, 0.29) is 0 Å². The normalized spacial score (nSPS) is 17.3. The van der Waals surface area contributed by atoms with Crippen LogP contribution in [0.25, 0.3) is 0 Å². The smallest absolute Gasteiger partial charge is 0.168 e. The summed E-state index contributed by atoms with van der Waals surface area (Å²) in [6.45, 7) is 2.06. The van der Waals surface area contributed by atoms with Crippen LogP contribution in [-0.4, -0.2) is 35.4 Å². The van der Waals surface area contributed by atoms with Gasteiger partial charge in [0, 0.05) is 12.1 Å². The van der Waals surface area contributed by atoms with E-state index in [0.29, 0.717) is 11.7 Å². The molecule has 0 aliphatic carbocycles. The standard InChI is InChI=1S/C10H14N4O/c15-6-9-5-10(13-7-12-9)14-8-1-3-11-4-2-8/h5-8,11H,1-4H2,(H,12,13,14). The third kappa shape index (κ3) is 2.73. The molecule has 0 aromatic carbocycles. The maximum absolute atomic E-state index is 10.5. The molecular weight excluding hydrogens is 192 g/mol. The Kier molecular flexibility index (Phi) is 3.24. The van der Waals surface area contributed by atoms with E-state index in [0.717, 1.165) is 38.0 Å². The van der Waals surface area contributed by atoms with Crippen molar-refractivity contribution in [3.63, 3.8) is 0 Å². The SMILES string of the molecule is O=Cc1cc(NC2CCNCC2)ncn1. The van der Waals surface area contributed by atoms with Gasteiger partial charge in [-0.2, -0.15) is 0 Å². The molecule has 0 unspecified atom stereocenters. The lowest BCUT2D eigenvalue weighted by molar-refractivity contribution is 0.111. The molecule has 1 aromatic rings. The van der Waals surface area contributed by atoms with Crippen molar-refractivity contribution in [3.8, 4) is 0 Å². The summed E-state index contributed by atoms with van der Waals surface area (Å²) in [5.74, 6) is 0.735. The van der Waals surface area contributed by atoms with Crippen molar-refractivity contribution in [1.82, 2.24) is 15.3 Å². The van der Waals surface area contributed by atoms with Gasteiger partial charge in [-0.1, -0.05) is 0 Å². The second kappa shape index (κ2) is 4.84. The van der Waals surface area contributed by atoms with Gasteiger partial charge in [0.2, 0.25) is 0 Å². The molecular formula is C10H14N4O. The van der Waals surface area contributed by atoms with Crippen molar-refractivity contribution < 1.29 is 4.79 Å². The summed E-state index contributed by atoms with van der Waals surface area (Å²) in [6.07, 6.45) is 4.31. The van der Waals surface area contributed by atoms with Crippen molar-refractivity contribution in [2.24, 2.45) is 0 Å². The predicted octanol–water partition coefficient (Wildman–Crippen LogP) is 0.453. The molecule has 5 nitrogen and oxygen atoms in total. The first kappa shape index (κ1) is 10.0. The Bertz CT molecular complexity index is 336. The maximum Gasteiger partial charge on any atom is 0.168 e. The third-order valence-corrected chi connectivity index (χ3v) is 2.50. The summed E-state index contributed by atoms with van der Waals surface area (Å²) in [5.41, 5.74) is 0.418. The van der Waals surface area contributed by atoms with Gasteiger partial charge in [-0.05, 0) is 25.9 Å². The Hall–Kier alpha value is -1.49. The van der Waals surface area contributed by atoms with Crippen molar-refractivity contribution in [2.45, 2.75) is 18.9 Å². The van der Waals surface area contributed by atoms with Crippen LogP contribution in [0.1, 0.15) is 23.3 Å². The van der Waals surface area contributed by atoms with Gasteiger partial charge in [-0.3, -0.25) is 4.79 Å². The minimum atomic E-state index is 0.418. The van der Waals surface area contributed by atoms with Gasteiger partial charge in [0.05, 0.1) is 0 Å². The molecule has 2 N–H and O–H groups in total. The summed E-state index contributed by atoms with van der Waals surface area (Å²) >= 11 is 0. The second-order valence-electron chi connectivity index (χ2n) is 3.61. The first-order chi connectivity index (χ1) is 7.38. The highest BCUT2D eigenvalue weighted by Gasteiger charge is 2.12. The Morgan fingerprint density at radius 2 is 2.20 bits per heavy atom. The van der Waals surface area contributed by atoms with Crippen molar-refractivity contribution >= 4 is 12.1 Å². The van der Waals surface area contributed by atoms with Gasteiger partial charge in [-0.25, -0.2) is 9.97 Å². The molecule has 0 bridgehead atoms. The number of carbonyl (C=O) groups excluding carboxylic acids is 1. The first-order valence-corrected chi connectivity index (χ1v) is 5.13. The fraction of sp³-hybridized carbons (Fsp3) is 0.500. The number of aromatic nitrogens is 2. The van der Waals surface area contributed by atoms with E-state index >= 15 is 0 Å². The number of carbonyl (C=O) groups is 1. The molecule has 5 heteroatoms. The Labute approximate surface area is 88.3 Å². The number of anilines is 1. The van der Waals surface area contributed by atoms with Crippen LogP contribution in [0, 0.1) is 0 Å². The molecule has 1 saturated heterocycles. The van der Waals surface area contributed by atoms with Crippen LogP contribution in [-0.2, 0) is 0 Å². The number of hydrogen-bond donors (Lipinski definition) is 2. The van der Waals surface area contributed by atoms with Crippen LogP contribution in [0.4, 0.5) is 5.82 Å². The van der Waals surface area contributed by atoms with Crippen LogP contribution < -0.4 is 10.6 Å². The molecule has 2 heterocycles. The second-order valence-corrected chi connectivity index (χ2v) is 3.61. The van der Waals surface area contributed by atoms with Crippen LogP contribution in [0.3, 0.4) is 0 Å². The highest BCUT2D eigenvalue weighted by molar-refractivity contribution is 5.72. The number of hydrogen-bond acceptors (Lipinski definition) is 5. The van der Waals surface area contributed by atoms with Gasteiger partial charge in [0.1, 0.15) is 17.8 Å². The summed E-state index contributed by atoms with van der Waals surface area (Å²) in [6, 6.07) is 2.12. The molecule has 0 amide bonds. The first-order valence-electron chi connectivity index (χ1n) is 5.13. The summed E-state index contributed by atoms with van der Waals surface area (Å²) in [4.78, 5) is 18.4. The average molecular weight is 206 g/mol. The van der Waals surface area contributed by atoms with Crippen LogP contribution in [0.5, 0.6) is 0 Å². The number of piperidine rings is 1. The molecule has 1 aliphatic heterocycles. The number of nitrogens with one attached hydrogen (secondary N) is 2. The molecule has 15 heavy (non-hydrogen) atoms. The van der Waals surface area contributed by atoms with E-state index in [2.05, 4.69) is 20.6 Å². The summed E-state index contributed by atoms with van der Waals surface area (Å²) in [7, 11) is 0. The Morgan fingerprint density at radius 1 is 1.40 bits per heavy atom. The fourth-order valence-corrected chi connectivity index (χ4v) is 1.69. The molecule has 0 atom stereocenters. The molecule has 0 spiro atoms. The molecule has 0 saturated carbocycles. The summed E-state index contributed by atoms with van der Waals surface area (Å²) in [5, 5.41) is 6.60. The Morgan fingerprint density at radius 3 is 2.93 bits per heavy atom. The minimum absolute atomic E-state index is 0.418. The zero-order valence-electron chi connectivity index (χ0n) is 8.44. The predicted molar refractivity (Wildman–Crippen MR) is 56.9 cm³/mol. The zero-order valence-corrected chi connectivity index (χ0v) is 8.44. The average Bonchev–Trinajstić information content (AvgIpc) is 2.31. The van der Waals surface area contributed by atoms with E-state index in [1.807, 2.05) is 0 Å². The van der Waals surface area contributed by atoms with E-state index in [4.69, 9.17) is 0 Å². The van der Waals surface area contributed by atoms with E-state index in [1.165, 1.54) is 6.33 Å². The lowest BCUT2D eigenvalue weighted by atomic mass is 10.1. The highest BCUT2D eigenvalue weighted by atomic mass is 16.1. The minimum Gasteiger partial charge on any atom is -0.367 e. The quantitative estimate of drug-likeness (QED) is 0.703. The molecule has 1 fully saturated rings. The lowest BCUT2D eigenvalue weighted by Gasteiger charge is -2.23. The Balaban J connectivity index is 1.99. The van der Waals surface area contributed by atoms with E-state index in [9.17, 15) is 4.79 Å². The highest BCUT2D eigenvalue weighted by Crippen LogP contribution is 2.10. The topological polar surface area (TPSA) is 66.9 Å². The lowest BCUT2D eigenvalue weighted by Crippen LogP contribution is -2.35. The van der Waals surface area contributed by atoms with Crippen LogP contribution >= 0.6 is 0 Å². The van der Waals surface area contributed by atoms with Gasteiger partial charge in [0.25, 0.3) is 0 Å². The monoisotopic (exact) mass is 206 g/mol. The van der Waals surface area contributed by atoms with Crippen molar-refractivity contribution in [1.29, 1.82) is 0 Å². The van der Waals surface area contributed by atoms with E-state index in [1.54, 1.807) is 6.07 Å². The van der Waals surface area contributed by atoms with Gasteiger partial charge >= 0.3 is 0 Å². The number of nitrogens with zero attached hydrogens (tertiary/aromatic N) is 2. The molecule has 1 aromatic heterocycles. The molecule has 2 rings (SSSR count).